The van der Waals surface area contributed by atoms with Gasteiger partial charge in [0.1, 0.15) is 0 Å². The summed E-state index contributed by atoms with van der Waals surface area (Å²) >= 11 is 0. The van der Waals surface area contributed by atoms with Crippen LogP contribution in [-0.2, 0) is 24.3 Å². The van der Waals surface area contributed by atoms with Gasteiger partial charge in [-0.2, -0.15) is 10.2 Å². The van der Waals surface area contributed by atoms with Crippen LogP contribution in [-0.4, -0.2) is 37.4 Å². The maximum absolute atomic E-state index is 12.6. The largest absolute Gasteiger partial charge is 0.341 e. The smallest absolute Gasteiger partial charge is 0.222 e. The Morgan fingerprint density at radius 1 is 0.867 bits per heavy atom. The highest BCUT2D eigenvalue weighted by molar-refractivity contribution is 5.76. The zero-order valence-corrected chi connectivity index (χ0v) is 17.1. The first-order valence-electron chi connectivity index (χ1n) is 10.1. The van der Waals surface area contributed by atoms with E-state index in [4.69, 9.17) is 0 Å². The second-order valence-electron chi connectivity index (χ2n) is 7.41. The minimum absolute atomic E-state index is 0.110. The highest BCUT2D eigenvalue weighted by Crippen LogP contribution is 2.11. The van der Waals surface area contributed by atoms with Crippen molar-refractivity contribution in [2.45, 2.75) is 25.9 Å². The van der Waals surface area contributed by atoms with E-state index < -0.39 is 0 Å². The van der Waals surface area contributed by atoms with Gasteiger partial charge in [-0.05, 0) is 29.7 Å². The number of hydrogen-bond donors (Lipinski definition) is 0. The first kappa shape index (κ1) is 19.6. The minimum atomic E-state index is 0.110. The molecule has 6 nitrogen and oxygen atoms in total. The molecule has 0 aliphatic carbocycles. The fourth-order valence-electron chi connectivity index (χ4n) is 3.36. The van der Waals surface area contributed by atoms with Crippen molar-refractivity contribution in [2.24, 2.45) is 0 Å². The molecule has 4 aromatic rings. The Morgan fingerprint density at radius 3 is 2.33 bits per heavy atom. The third-order valence-corrected chi connectivity index (χ3v) is 5.00. The van der Waals surface area contributed by atoms with Crippen LogP contribution < -0.4 is 0 Å². The molecule has 0 fully saturated rings. The summed E-state index contributed by atoms with van der Waals surface area (Å²) in [4.78, 5) is 14.3. The molecule has 0 saturated heterocycles. The molecule has 0 N–H and O–H groups in total. The van der Waals surface area contributed by atoms with Gasteiger partial charge in [0.25, 0.3) is 0 Å². The molecule has 152 valence electrons. The molecule has 0 aliphatic rings. The molecule has 6 heteroatoms. The van der Waals surface area contributed by atoms with E-state index in [1.165, 1.54) is 5.56 Å². The number of carbonyl (C=O) groups excluding carboxylic acids is 1. The maximum Gasteiger partial charge on any atom is 0.222 e. The molecule has 2 heterocycles. The second-order valence-corrected chi connectivity index (χ2v) is 7.41. The summed E-state index contributed by atoms with van der Waals surface area (Å²) in [6, 6.07) is 20.2. The Morgan fingerprint density at radius 2 is 1.57 bits per heavy atom. The van der Waals surface area contributed by atoms with Crippen LogP contribution in [0.4, 0.5) is 0 Å². The number of rotatable bonds is 8. The fourth-order valence-corrected chi connectivity index (χ4v) is 3.36. The molecule has 0 spiro atoms. The van der Waals surface area contributed by atoms with E-state index in [1.54, 1.807) is 4.90 Å². The predicted octanol–water partition coefficient (Wildman–Crippen LogP) is 3.71. The number of para-hydroxylation sites is 1. The van der Waals surface area contributed by atoms with E-state index >= 15 is 0 Å². The van der Waals surface area contributed by atoms with E-state index in [0.29, 0.717) is 19.4 Å². The molecule has 0 bridgehead atoms. The number of hydrogen-bond acceptors (Lipinski definition) is 3. The molecule has 0 atom stereocenters. The van der Waals surface area contributed by atoms with Gasteiger partial charge in [-0.25, -0.2) is 4.68 Å². The van der Waals surface area contributed by atoms with Crippen LogP contribution in [0.3, 0.4) is 0 Å². The van der Waals surface area contributed by atoms with Gasteiger partial charge >= 0.3 is 0 Å². The lowest BCUT2D eigenvalue weighted by Crippen LogP contribution is -2.26. The van der Waals surface area contributed by atoms with Crippen molar-refractivity contribution in [1.82, 2.24) is 24.5 Å². The Hall–Kier alpha value is -3.67. The molecule has 2 aromatic heterocycles. The van der Waals surface area contributed by atoms with Gasteiger partial charge in [0, 0.05) is 38.0 Å². The maximum atomic E-state index is 12.6. The van der Waals surface area contributed by atoms with Crippen molar-refractivity contribution in [3.63, 3.8) is 0 Å². The molecule has 4 rings (SSSR count). The van der Waals surface area contributed by atoms with Gasteiger partial charge in [0.2, 0.25) is 5.91 Å². The lowest BCUT2D eigenvalue weighted by molar-refractivity contribution is -0.130. The van der Waals surface area contributed by atoms with E-state index in [9.17, 15) is 4.79 Å². The molecule has 0 unspecified atom stereocenters. The van der Waals surface area contributed by atoms with E-state index in [1.807, 2.05) is 89.7 Å². The quantitative estimate of drug-likeness (QED) is 0.454. The molecule has 2 aromatic carbocycles. The molecule has 0 aliphatic heterocycles. The summed E-state index contributed by atoms with van der Waals surface area (Å²) in [7, 11) is 1.84. The van der Waals surface area contributed by atoms with Crippen molar-refractivity contribution in [3.05, 3.63) is 102 Å². The first-order valence-corrected chi connectivity index (χ1v) is 10.1. The highest BCUT2D eigenvalue weighted by atomic mass is 16.2. The Balaban J connectivity index is 1.28. The van der Waals surface area contributed by atoms with Crippen LogP contribution in [0.1, 0.15) is 23.1 Å². The molecular weight excluding hydrogens is 374 g/mol. The number of amides is 1. The molecular formula is C24H25N5O. The Labute approximate surface area is 176 Å². The monoisotopic (exact) mass is 399 g/mol. The van der Waals surface area contributed by atoms with E-state index in [0.717, 1.165) is 23.4 Å². The van der Waals surface area contributed by atoms with Crippen LogP contribution in [0.5, 0.6) is 0 Å². The summed E-state index contributed by atoms with van der Waals surface area (Å²) in [5.41, 5.74) is 4.29. The number of nitrogens with zero attached hydrogens (tertiary/aromatic N) is 5. The first-order chi connectivity index (χ1) is 14.7. The third-order valence-electron chi connectivity index (χ3n) is 5.00. The van der Waals surface area contributed by atoms with Crippen LogP contribution in [0.15, 0.2) is 85.5 Å². The van der Waals surface area contributed by atoms with Gasteiger partial charge in [-0.15, -0.1) is 0 Å². The average Bonchev–Trinajstić information content (AvgIpc) is 3.43. The van der Waals surface area contributed by atoms with Crippen molar-refractivity contribution in [3.8, 4) is 5.69 Å². The van der Waals surface area contributed by atoms with Crippen LogP contribution in [0.25, 0.3) is 5.69 Å². The fraction of sp³-hybridized carbons (Fsp3) is 0.208. The highest BCUT2D eigenvalue weighted by Gasteiger charge is 2.12. The molecule has 0 saturated carbocycles. The average molecular weight is 399 g/mol. The van der Waals surface area contributed by atoms with Gasteiger partial charge < -0.3 is 4.90 Å². The predicted molar refractivity (Wildman–Crippen MR) is 116 cm³/mol. The number of benzene rings is 2. The summed E-state index contributed by atoms with van der Waals surface area (Å²) in [5.74, 6) is 0.110. The molecule has 0 radical (unpaired) electrons. The third kappa shape index (κ3) is 5.03. The van der Waals surface area contributed by atoms with Crippen molar-refractivity contribution in [1.29, 1.82) is 0 Å². The Kier molecular flexibility index (Phi) is 6.03. The van der Waals surface area contributed by atoms with Crippen molar-refractivity contribution >= 4 is 5.91 Å². The lowest BCUT2D eigenvalue weighted by atomic mass is 10.2. The zero-order valence-electron chi connectivity index (χ0n) is 17.1. The summed E-state index contributed by atoms with van der Waals surface area (Å²) in [6.45, 7) is 1.28. The van der Waals surface area contributed by atoms with E-state index in [-0.39, 0.29) is 5.91 Å². The summed E-state index contributed by atoms with van der Waals surface area (Å²) in [6.07, 6.45) is 8.76. The molecule has 1 amide bonds. The van der Waals surface area contributed by atoms with Gasteiger partial charge in [-0.3, -0.25) is 9.48 Å². The number of aromatic nitrogens is 4. The van der Waals surface area contributed by atoms with Crippen molar-refractivity contribution < 1.29 is 4.79 Å². The lowest BCUT2D eigenvalue weighted by Gasteiger charge is -2.15. The summed E-state index contributed by atoms with van der Waals surface area (Å²) < 4.78 is 3.74. The second kappa shape index (κ2) is 9.22. The van der Waals surface area contributed by atoms with E-state index in [2.05, 4.69) is 22.3 Å². The topological polar surface area (TPSA) is 56.0 Å². The van der Waals surface area contributed by atoms with Crippen molar-refractivity contribution in [2.75, 3.05) is 7.05 Å². The van der Waals surface area contributed by atoms with Gasteiger partial charge in [0.05, 0.1) is 24.6 Å². The number of carbonyl (C=O) groups is 1. The van der Waals surface area contributed by atoms with Crippen LogP contribution in [0.2, 0.25) is 0 Å². The summed E-state index contributed by atoms with van der Waals surface area (Å²) in [5, 5.41) is 8.81. The molecule has 30 heavy (non-hydrogen) atoms. The number of aryl methyl sites for hydroxylation is 1. The zero-order chi connectivity index (χ0) is 20.8. The minimum Gasteiger partial charge on any atom is -0.341 e. The van der Waals surface area contributed by atoms with Gasteiger partial charge in [-0.1, -0.05) is 48.5 Å². The normalized spacial score (nSPS) is 10.8. The van der Waals surface area contributed by atoms with Crippen LogP contribution >= 0.6 is 0 Å². The SMILES string of the molecule is CN(Cc1cnn(Cc2ccccc2)c1)C(=O)CCc1cnn(-c2ccccc2)c1. The van der Waals surface area contributed by atoms with Gasteiger partial charge in [0.15, 0.2) is 0 Å². The van der Waals surface area contributed by atoms with Crippen LogP contribution in [0, 0.1) is 0 Å². The standard InChI is InChI=1S/C24H25N5O/c1-27(16-22-15-25-28(18-22)17-20-8-4-2-5-9-20)24(30)13-12-21-14-26-29(19-21)23-10-6-3-7-11-23/h2-11,14-15,18-19H,12-13,16-17H2,1H3. The Bertz CT molecular complexity index is 1090.